The number of ether oxygens (including phenoxy) is 1. The molecular weight excluding hydrogens is 345 g/mol. The van der Waals surface area contributed by atoms with E-state index in [0.29, 0.717) is 11.7 Å². The zero-order valence-electron chi connectivity index (χ0n) is 13.2. The SMILES string of the molecule is Fc1ccc(NC(=S)NC[C@@H](c2cccs2)N2CCOCC2)cc1. The second-order valence-electron chi connectivity index (χ2n) is 5.52. The molecule has 0 amide bonds. The summed E-state index contributed by atoms with van der Waals surface area (Å²) in [5.41, 5.74) is 0.771. The zero-order valence-corrected chi connectivity index (χ0v) is 14.8. The van der Waals surface area contributed by atoms with Gasteiger partial charge in [0.05, 0.1) is 19.3 Å². The van der Waals surface area contributed by atoms with Gasteiger partial charge in [0.25, 0.3) is 0 Å². The highest BCUT2D eigenvalue weighted by atomic mass is 32.1. The molecule has 128 valence electrons. The molecule has 7 heteroatoms. The predicted molar refractivity (Wildman–Crippen MR) is 100 cm³/mol. The summed E-state index contributed by atoms with van der Waals surface area (Å²) < 4.78 is 18.4. The van der Waals surface area contributed by atoms with E-state index in [0.717, 1.165) is 32.0 Å². The number of thiocarbonyl (C=S) groups is 1. The van der Waals surface area contributed by atoms with Crippen LogP contribution in [0, 0.1) is 5.82 Å². The Labute approximate surface area is 150 Å². The maximum absolute atomic E-state index is 13.0. The molecule has 2 aromatic rings. The molecule has 1 aliphatic heterocycles. The average molecular weight is 365 g/mol. The van der Waals surface area contributed by atoms with Gasteiger partial charge in [0.2, 0.25) is 0 Å². The summed E-state index contributed by atoms with van der Waals surface area (Å²) in [6.45, 7) is 4.08. The molecular formula is C17H20FN3OS2. The smallest absolute Gasteiger partial charge is 0.170 e. The third-order valence-corrected chi connectivity index (χ3v) is 5.14. The summed E-state index contributed by atoms with van der Waals surface area (Å²) in [7, 11) is 0. The van der Waals surface area contributed by atoms with Crippen LogP contribution in [0.3, 0.4) is 0 Å². The van der Waals surface area contributed by atoms with Crippen LogP contribution in [0.15, 0.2) is 41.8 Å². The Morgan fingerprint density at radius 2 is 2.00 bits per heavy atom. The molecule has 0 unspecified atom stereocenters. The third kappa shape index (κ3) is 4.73. The molecule has 4 nitrogen and oxygen atoms in total. The summed E-state index contributed by atoms with van der Waals surface area (Å²) in [4.78, 5) is 3.73. The second-order valence-corrected chi connectivity index (χ2v) is 6.91. The number of nitrogens with one attached hydrogen (secondary N) is 2. The second kappa shape index (κ2) is 8.53. The molecule has 0 bridgehead atoms. The Hall–Kier alpha value is -1.54. The van der Waals surface area contributed by atoms with Crippen molar-refractivity contribution in [2.45, 2.75) is 6.04 Å². The van der Waals surface area contributed by atoms with E-state index in [1.807, 2.05) is 0 Å². The standard InChI is InChI=1S/C17H20FN3OS2/c18-13-3-5-14(6-4-13)20-17(23)19-12-15(16-2-1-11-24-16)21-7-9-22-10-8-21/h1-6,11,15H,7-10,12H2,(H2,19,20,23)/t15-/m0/s1. The topological polar surface area (TPSA) is 36.5 Å². The van der Waals surface area contributed by atoms with Crippen LogP contribution in [0.4, 0.5) is 10.1 Å². The van der Waals surface area contributed by atoms with E-state index in [-0.39, 0.29) is 11.9 Å². The van der Waals surface area contributed by atoms with Crippen LogP contribution in [-0.4, -0.2) is 42.9 Å². The molecule has 1 aliphatic rings. The highest BCUT2D eigenvalue weighted by molar-refractivity contribution is 7.80. The molecule has 0 radical (unpaired) electrons. The normalized spacial score (nSPS) is 16.5. The summed E-state index contributed by atoms with van der Waals surface area (Å²) in [5.74, 6) is -0.260. The van der Waals surface area contributed by atoms with Crippen LogP contribution < -0.4 is 10.6 Å². The van der Waals surface area contributed by atoms with Gasteiger partial charge >= 0.3 is 0 Å². The number of anilines is 1. The van der Waals surface area contributed by atoms with Crippen LogP contribution >= 0.6 is 23.6 Å². The van der Waals surface area contributed by atoms with Crippen LogP contribution in [0.2, 0.25) is 0 Å². The maximum atomic E-state index is 13.0. The minimum atomic E-state index is -0.260. The highest BCUT2D eigenvalue weighted by Gasteiger charge is 2.23. The summed E-state index contributed by atoms with van der Waals surface area (Å²) in [6.07, 6.45) is 0. The van der Waals surface area contributed by atoms with E-state index in [1.54, 1.807) is 23.5 Å². The molecule has 2 heterocycles. The van der Waals surface area contributed by atoms with Gasteiger partial charge in [0, 0.05) is 30.2 Å². The molecule has 1 atom stereocenters. The molecule has 0 aliphatic carbocycles. The number of benzene rings is 1. The number of thiophene rings is 1. The third-order valence-electron chi connectivity index (χ3n) is 3.92. The van der Waals surface area contributed by atoms with E-state index in [9.17, 15) is 4.39 Å². The van der Waals surface area contributed by atoms with Gasteiger partial charge in [-0.1, -0.05) is 6.07 Å². The van der Waals surface area contributed by atoms with Crippen LogP contribution in [0.25, 0.3) is 0 Å². The van der Waals surface area contributed by atoms with Crippen LogP contribution in [-0.2, 0) is 4.74 Å². The van der Waals surface area contributed by atoms with Crippen molar-refractivity contribution in [3.05, 3.63) is 52.5 Å². The first-order valence-electron chi connectivity index (χ1n) is 7.88. The van der Waals surface area contributed by atoms with Crippen LogP contribution in [0.5, 0.6) is 0 Å². The number of nitrogens with zero attached hydrogens (tertiary/aromatic N) is 1. The quantitative estimate of drug-likeness (QED) is 0.796. The molecule has 24 heavy (non-hydrogen) atoms. The minimum Gasteiger partial charge on any atom is -0.379 e. The summed E-state index contributed by atoms with van der Waals surface area (Å²) in [6, 6.07) is 10.7. The first kappa shape index (κ1) is 17.3. The number of rotatable bonds is 5. The molecule has 1 saturated heterocycles. The number of halogens is 1. The number of morpholine rings is 1. The Bertz CT molecular complexity index is 642. The monoisotopic (exact) mass is 365 g/mol. The molecule has 1 aromatic carbocycles. The number of hydrogen-bond acceptors (Lipinski definition) is 4. The molecule has 0 saturated carbocycles. The van der Waals surface area contributed by atoms with Gasteiger partial charge in [-0.15, -0.1) is 11.3 Å². The van der Waals surface area contributed by atoms with Crippen molar-refractivity contribution in [3.8, 4) is 0 Å². The Balaban J connectivity index is 1.58. The summed E-state index contributed by atoms with van der Waals surface area (Å²) >= 11 is 7.12. The van der Waals surface area contributed by atoms with E-state index in [4.69, 9.17) is 17.0 Å². The van der Waals surface area contributed by atoms with Crippen LogP contribution in [0.1, 0.15) is 10.9 Å². The van der Waals surface area contributed by atoms with E-state index in [2.05, 4.69) is 33.0 Å². The van der Waals surface area contributed by atoms with Gasteiger partial charge in [0.1, 0.15) is 5.82 Å². The summed E-state index contributed by atoms with van der Waals surface area (Å²) in [5, 5.41) is 9.00. The van der Waals surface area contributed by atoms with Gasteiger partial charge < -0.3 is 15.4 Å². The van der Waals surface area contributed by atoms with Gasteiger partial charge in [-0.05, 0) is 47.9 Å². The van der Waals surface area contributed by atoms with Crippen molar-refractivity contribution in [2.24, 2.45) is 0 Å². The minimum absolute atomic E-state index is 0.260. The maximum Gasteiger partial charge on any atom is 0.170 e. The first-order chi connectivity index (χ1) is 11.7. The molecule has 1 fully saturated rings. The van der Waals surface area contributed by atoms with Gasteiger partial charge in [-0.25, -0.2) is 4.39 Å². The zero-order chi connectivity index (χ0) is 16.8. The molecule has 1 aromatic heterocycles. The lowest BCUT2D eigenvalue weighted by Crippen LogP contribution is -2.44. The van der Waals surface area contributed by atoms with E-state index < -0.39 is 0 Å². The molecule has 0 spiro atoms. The van der Waals surface area contributed by atoms with Gasteiger partial charge in [-0.2, -0.15) is 0 Å². The Kier molecular flexibility index (Phi) is 6.14. The lowest BCUT2D eigenvalue weighted by atomic mass is 10.2. The lowest BCUT2D eigenvalue weighted by molar-refractivity contribution is 0.0177. The predicted octanol–water partition coefficient (Wildman–Crippen LogP) is 3.25. The average Bonchev–Trinajstić information content (AvgIpc) is 3.12. The van der Waals surface area contributed by atoms with Crippen molar-refractivity contribution in [2.75, 3.05) is 38.2 Å². The largest absolute Gasteiger partial charge is 0.379 e. The van der Waals surface area contributed by atoms with Gasteiger partial charge in [-0.3, -0.25) is 4.90 Å². The highest BCUT2D eigenvalue weighted by Crippen LogP contribution is 2.25. The molecule has 2 N–H and O–H groups in total. The first-order valence-corrected chi connectivity index (χ1v) is 9.17. The van der Waals surface area contributed by atoms with E-state index in [1.165, 1.54) is 17.0 Å². The van der Waals surface area contributed by atoms with E-state index >= 15 is 0 Å². The Morgan fingerprint density at radius 3 is 2.67 bits per heavy atom. The molecule has 3 rings (SSSR count). The number of hydrogen-bond donors (Lipinski definition) is 2. The van der Waals surface area contributed by atoms with Crippen molar-refractivity contribution >= 4 is 34.4 Å². The fourth-order valence-electron chi connectivity index (χ4n) is 2.68. The fourth-order valence-corrected chi connectivity index (χ4v) is 3.74. The fraction of sp³-hybridized carbons (Fsp3) is 0.353. The van der Waals surface area contributed by atoms with Crippen molar-refractivity contribution < 1.29 is 9.13 Å². The van der Waals surface area contributed by atoms with Crippen molar-refractivity contribution in [3.63, 3.8) is 0 Å². The Morgan fingerprint density at radius 1 is 1.25 bits per heavy atom. The van der Waals surface area contributed by atoms with Crippen molar-refractivity contribution in [1.29, 1.82) is 0 Å². The van der Waals surface area contributed by atoms with Crippen molar-refractivity contribution in [1.82, 2.24) is 10.2 Å². The lowest BCUT2D eigenvalue weighted by Gasteiger charge is -2.34. The van der Waals surface area contributed by atoms with Gasteiger partial charge in [0.15, 0.2) is 5.11 Å².